The highest BCUT2D eigenvalue weighted by molar-refractivity contribution is 9.10. The summed E-state index contributed by atoms with van der Waals surface area (Å²) in [5, 5.41) is -0.00312. The van der Waals surface area contributed by atoms with E-state index in [1.165, 1.54) is 11.8 Å². The highest BCUT2D eigenvalue weighted by Gasteiger charge is 2.31. The average Bonchev–Trinajstić information content (AvgIpc) is 2.74. The Morgan fingerprint density at radius 1 is 1.45 bits per heavy atom. The Morgan fingerprint density at radius 2 is 2.05 bits per heavy atom. The van der Waals surface area contributed by atoms with Crippen LogP contribution in [0.15, 0.2) is 16.6 Å². The van der Waals surface area contributed by atoms with Crippen LogP contribution in [0.2, 0.25) is 0 Å². The maximum atomic E-state index is 13.5. The number of hydrogen-bond acceptors (Lipinski definition) is 3. The zero-order valence-corrected chi connectivity index (χ0v) is 13.1. The van der Waals surface area contributed by atoms with Gasteiger partial charge in [0.15, 0.2) is 5.12 Å². The number of halogens is 3. The number of carbonyl (C=O) groups is 2. The molecule has 1 aromatic carbocycles. The predicted octanol–water partition coefficient (Wildman–Crippen LogP) is 3.36. The monoisotopic (exact) mass is 363 g/mol. The molecule has 1 fully saturated rings. The summed E-state index contributed by atoms with van der Waals surface area (Å²) in [6.45, 7) is 1.85. The molecule has 7 heteroatoms. The second-order valence-electron chi connectivity index (χ2n) is 4.60. The van der Waals surface area contributed by atoms with E-state index in [2.05, 4.69) is 15.9 Å². The predicted molar refractivity (Wildman–Crippen MR) is 77.7 cm³/mol. The van der Waals surface area contributed by atoms with Gasteiger partial charge in [0.2, 0.25) is 5.91 Å². The molecule has 20 heavy (non-hydrogen) atoms. The second-order valence-corrected chi connectivity index (χ2v) is 6.59. The van der Waals surface area contributed by atoms with Crippen molar-refractivity contribution >= 4 is 44.4 Å². The Balaban J connectivity index is 2.14. The van der Waals surface area contributed by atoms with Gasteiger partial charge >= 0.3 is 0 Å². The van der Waals surface area contributed by atoms with Crippen molar-refractivity contribution < 1.29 is 18.4 Å². The van der Waals surface area contributed by atoms with E-state index >= 15 is 0 Å². The summed E-state index contributed by atoms with van der Waals surface area (Å²) in [6, 6.07) is 2.26. The Hall–Kier alpha value is -0.950. The highest BCUT2D eigenvalue weighted by Crippen LogP contribution is 2.31. The minimum absolute atomic E-state index is 0.00312. The zero-order valence-electron chi connectivity index (χ0n) is 10.7. The minimum Gasteiger partial charge on any atom is -0.312 e. The van der Waals surface area contributed by atoms with Crippen molar-refractivity contribution in [1.82, 2.24) is 0 Å². The van der Waals surface area contributed by atoms with Gasteiger partial charge in [0.1, 0.15) is 11.6 Å². The van der Waals surface area contributed by atoms with E-state index < -0.39 is 11.6 Å². The molecule has 1 atom stereocenters. The van der Waals surface area contributed by atoms with Gasteiger partial charge in [0, 0.05) is 31.3 Å². The molecule has 0 radical (unpaired) electrons. The van der Waals surface area contributed by atoms with Crippen LogP contribution in [0.4, 0.5) is 14.5 Å². The smallest absolute Gasteiger partial charge is 0.227 e. The SMILES string of the molecule is CC(=O)SCC1CC(=O)N(c2cc(F)c(Br)c(F)c2)C1. The summed E-state index contributed by atoms with van der Waals surface area (Å²) in [5.74, 6) is -1.10. The van der Waals surface area contributed by atoms with Crippen LogP contribution in [-0.4, -0.2) is 23.3 Å². The fourth-order valence-electron chi connectivity index (χ4n) is 2.08. The van der Waals surface area contributed by atoms with Gasteiger partial charge in [-0.15, -0.1) is 0 Å². The van der Waals surface area contributed by atoms with Crippen molar-refractivity contribution in [2.75, 3.05) is 17.2 Å². The maximum Gasteiger partial charge on any atom is 0.227 e. The van der Waals surface area contributed by atoms with Crippen LogP contribution in [0.25, 0.3) is 0 Å². The number of nitrogens with zero attached hydrogens (tertiary/aromatic N) is 1. The summed E-state index contributed by atoms with van der Waals surface area (Å²) in [6.07, 6.45) is 0.291. The van der Waals surface area contributed by atoms with Crippen LogP contribution in [0.3, 0.4) is 0 Å². The molecular weight excluding hydrogens is 352 g/mol. The van der Waals surface area contributed by atoms with Gasteiger partial charge < -0.3 is 4.90 Å². The number of amides is 1. The third kappa shape index (κ3) is 3.38. The van der Waals surface area contributed by atoms with E-state index in [0.717, 1.165) is 23.9 Å². The molecule has 3 nitrogen and oxygen atoms in total. The number of anilines is 1. The number of hydrogen-bond donors (Lipinski definition) is 0. The molecule has 1 aromatic rings. The lowest BCUT2D eigenvalue weighted by molar-refractivity contribution is -0.117. The first-order valence-corrected chi connectivity index (χ1v) is 7.74. The van der Waals surface area contributed by atoms with Crippen molar-refractivity contribution in [2.45, 2.75) is 13.3 Å². The lowest BCUT2D eigenvalue weighted by Crippen LogP contribution is -2.25. The largest absolute Gasteiger partial charge is 0.312 e. The summed E-state index contributed by atoms with van der Waals surface area (Å²) in [5.41, 5.74) is 0.212. The molecule has 0 aromatic heterocycles. The number of thioether (sulfide) groups is 1. The molecule has 0 aliphatic carbocycles. The van der Waals surface area contributed by atoms with Crippen LogP contribution >= 0.6 is 27.7 Å². The van der Waals surface area contributed by atoms with Gasteiger partial charge in [-0.1, -0.05) is 11.8 Å². The van der Waals surface area contributed by atoms with E-state index in [9.17, 15) is 18.4 Å². The minimum atomic E-state index is -0.741. The Labute approximate surface area is 127 Å². The standard InChI is InChI=1S/C13H12BrF2NO2S/c1-7(18)20-6-8-2-12(19)17(5-8)9-3-10(15)13(14)11(16)4-9/h3-4,8H,2,5-6H2,1H3. The van der Waals surface area contributed by atoms with Crippen LogP contribution in [-0.2, 0) is 9.59 Å². The molecule has 0 spiro atoms. The van der Waals surface area contributed by atoms with Crippen molar-refractivity contribution in [3.05, 3.63) is 28.2 Å². The molecule has 0 saturated carbocycles. The quantitative estimate of drug-likeness (QED) is 0.772. The van der Waals surface area contributed by atoms with Gasteiger partial charge in [-0.2, -0.15) is 0 Å². The van der Waals surface area contributed by atoms with Gasteiger partial charge in [-0.25, -0.2) is 8.78 Å². The molecule has 1 unspecified atom stereocenters. The van der Waals surface area contributed by atoms with E-state index in [1.54, 1.807) is 0 Å². The molecule has 1 aliphatic heterocycles. The third-order valence-corrected chi connectivity index (χ3v) is 4.81. The van der Waals surface area contributed by atoms with E-state index in [1.807, 2.05) is 0 Å². The fourth-order valence-corrected chi connectivity index (χ4v) is 3.00. The van der Waals surface area contributed by atoms with E-state index in [4.69, 9.17) is 0 Å². The number of rotatable bonds is 3. The summed E-state index contributed by atoms with van der Waals surface area (Å²) >= 11 is 3.96. The lowest BCUT2D eigenvalue weighted by Gasteiger charge is -2.17. The van der Waals surface area contributed by atoms with Crippen LogP contribution in [0.5, 0.6) is 0 Å². The molecule has 0 bridgehead atoms. The van der Waals surface area contributed by atoms with Crippen molar-refractivity contribution in [1.29, 1.82) is 0 Å². The summed E-state index contributed by atoms with van der Waals surface area (Å²) in [4.78, 5) is 24.2. The molecule has 2 rings (SSSR count). The zero-order chi connectivity index (χ0) is 14.9. The van der Waals surface area contributed by atoms with E-state index in [-0.39, 0.29) is 27.1 Å². The van der Waals surface area contributed by atoms with E-state index in [0.29, 0.717) is 18.7 Å². The normalized spacial score (nSPS) is 18.7. The van der Waals surface area contributed by atoms with Crippen LogP contribution < -0.4 is 4.90 Å². The second kappa shape index (κ2) is 6.22. The summed E-state index contributed by atoms with van der Waals surface area (Å²) < 4.78 is 26.8. The van der Waals surface area contributed by atoms with Crippen LogP contribution in [0.1, 0.15) is 13.3 Å². The van der Waals surface area contributed by atoms with Gasteiger partial charge in [-0.05, 0) is 34.0 Å². The first-order valence-electron chi connectivity index (χ1n) is 5.96. The molecule has 1 saturated heterocycles. The Kier molecular flexibility index (Phi) is 4.80. The molecule has 1 amide bonds. The highest BCUT2D eigenvalue weighted by atomic mass is 79.9. The number of carbonyl (C=O) groups excluding carboxylic acids is 2. The first-order chi connectivity index (χ1) is 9.38. The Bertz CT molecular complexity index is 544. The lowest BCUT2D eigenvalue weighted by atomic mass is 10.1. The molecule has 1 heterocycles. The van der Waals surface area contributed by atoms with Crippen molar-refractivity contribution in [2.24, 2.45) is 5.92 Å². The number of benzene rings is 1. The Morgan fingerprint density at radius 3 is 2.60 bits per heavy atom. The maximum absolute atomic E-state index is 13.5. The van der Waals surface area contributed by atoms with Gasteiger partial charge in [0.25, 0.3) is 0 Å². The first kappa shape index (κ1) is 15.4. The molecule has 1 aliphatic rings. The van der Waals surface area contributed by atoms with Gasteiger partial charge in [0.05, 0.1) is 4.47 Å². The van der Waals surface area contributed by atoms with Crippen LogP contribution in [0, 0.1) is 17.6 Å². The fraction of sp³-hybridized carbons (Fsp3) is 0.385. The van der Waals surface area contributed by atoms with Crippen molar-refractivity contribution in [3.63, 3.8) is 0 Å². The molecule has 0 N–H and O–H groups in total. The average molecular weight is 364 g/mol. The molecule has 108 valence electrons. The summed E-state index contributed by atoms with van der Waals surface area (Å²) in [7, 11) is 0. The topological polar surface area (TPSA) is 37.4 Å². The molecular formula is C13H12BrF2NO2S. The van der Waals surface area contributed by atoms with Gasteiger partial charge in [-0.3, -0.25) is 9.59 Å². The van der Waals surface area contributed by atoms with Crippen molar-refractivity contribution in [3.8, 4) is 0 Å². The third-order valence-electron chi connectivity index (χ3n) is 3.01.